The highest BCUT2D eigenvalue weighted by Gasteiger charge is 2.14. The van der Waals surface area contributed by atoms with Gasteiger partial charge >= 0.3 is 0 Å². The minimum atomic E-state index is -2.94. The number of sulfone groups is 1. The Morgan fingerprint density at radius 1 is 1.12 bits per heavy atom. The minimum Gasteiger partial charge on any atom is -0.384 e. The molecule has 0 unspecified atom stereocenters. The molecule has 0 aromatic rings. The maximum absolute atomic E-state index is 11.6. The van der Waals surface area contributed by atoms with E-state index in [-0.39, 0.29) is 11.5 Å². The van der Waals surface area contributed by atoms with Gasteiger partial charge in [0, 0.05) is 19.7 Å². The van der Waals surface area contributed by atoms with E-state index < -0.39 is 9.84 Å². The Morgan fingerprint density at radius 2 is 1.76 bits per heavy atom. The molecule has 0 aliphatic heterocycles. The molecule has 0 atom stereocenters. The number of methoxy groups -OCH3 is 1. The second kappa shape index (κ2) is 8.06. The number of hydrogen-bond donors (Lipinski definition) is 1. The third-order valence-corrected chi connectivity index (χ3v) is 4.91. The number of hydrogen-bond acceptors (Lipinski definition) is 4. The van der Waals surface area contributed by atoms with E-state index in [1.165, 1.54) is 45.6 Å². The van der Waals surface area contributed by atoms with Crippen LogP contribution < -0.4 is 5.32 Å². The maximum atomic E-state index is 11.6. The Labute approximate surface area is 105 Å². The lowest BCUT2D eigenvalue weighted by Crippen LogP contribution is -2.33. The highest BCUT2D eigenvalue weighted by atomic mass is 32.2. The summed E-state index contributed by atoms with van der Waals surface area (Å²) in [6.45, 7) is 0.877. The summed E-state index contributed by atoms with van der Waals surface area (Å²) in [4.78, 5) is 0. The Bertz CT molecular complexity index is 282. The van der Waals surface area contributed by atoms with Crippen LogP contribution in [0.15, 0.2) is 0 Å². The van der Waals surface area contributed by atoms with E-state index in [0.29, 0.717) is 19.2 Å². The van der Waals surface area contributed by atoms with Gasteiger partial charge in [0.1, 0.15) is 0 Å². The average Bonchev–Trinajstić information content (AvgIpc) is 2.55. The summed E-state index contributed by atoms with van der Waals surface area (Å²) in [7, 11) is -1.41. The Balaban J connectivity index is 2.17. The predicted octanol–water partition coefficient (Wildman–Crippen LogP) is 1.36. The molecule has 102 valence electrons. The molecule has 1 fully saturated rings. The fourth-order valence-corrected chi connectivity index (χ4v) is 3.27. The van der Waals surface area contributed by atoms with Crippen LogP contribution in [0.3, 0.4) is 0 Å². The van der Waals surface area contributed by atoms with Crippen LogP contribution in [0.4, 0.5) is 0 Å². The van der Waals surface area contributed by atoms with Gasteiger partial charge in [-0.3, -0.25) is 0 Å². The average molecular weight is 263 g/mol. The van der Waals surface area contributed by atoms with Gasteiger partial charge in [-0.2, -0.15) is 0 Å². The van der Waals surface area contributed by atoms with Crippen LogP contribution >= 0.6 is 0 Å². The van der Waals surface area contributed by atoms with Crippen molar-refractivity contribution >= 4 is 9.84 Å². The first-order valence-electron chi connectivity index (χ1n) is 6.57. The first-order valence-corrected chi connectivity index (χ1v) is 8.39. The van der Waals surface area contributed by atoms with E-state index in [9.17, 15) is 8.42 Å². The SMILES string of the molecule is COCCS(=O)(=O)CCNC1CCCCCC1. The van der Waals surface area contributed by atoms with Crippen LogP contribution in [-0.2, 0) is 14.6 Å². The largest absolute Gasteiger partial charge is 0.384 e. The molecule has 0 aromatic carbocycles. The van der Waals surface area contributed by atoms with Crippen molar-refractivity contribution in [1.82, 2.24) is 5.32 Å². The Morgan fingerprint density at radius 3 is 2.35 bits per heavy atom. The Kier molecular flexibility index (Phi) is 7.08. The monoisotopic (exact) mass is 263 g/mol. The molecule has 1 saturated carbocycles. The quantitative estimate of drug-likeness (QED) is 0.705. The first kappa shape index (κ1) is 14.9. The zero-order chi connectivity index (χ0) is 12.6. The van der Waals surface area contributed by atoms with Gasteiger partial charge < -0.3 is 10.1 Å². The van der Waals surface area contributed by atoms with Crippen LogP contribution in [-0.4, -0.2) is 46.2 Å². The molecule has 5 heteroatoms. The highest BCUT2D eigenvalue weighted by Crippen LogP contribution is 2.16. The number of nitrogens with one attached hydrogen (secondary N) is 1. The molecule has 0 spiro atoms. The molecule has 1 aliphatic rings. The zero-order valence-corrected chi connectivity index (χ0v) is 11.6. The lowest BCUT2D eigenvalue weighted by atomic mass is 10.1. The molecular formula is C12H25NO3S. The normalized spacial score (nSPS) is 19.1. The van der Waals surface area contributed by atoms with Crippen LogP contribution in [0.1, 0.15) is 38.5 Å². The smallest absolute Gasteiger partial charge is 0.153 e. The van der Waals surface area contributed by atoms with E-state index in [0.717, 1.165) is 0 Å². The van der Waals surface area contributed by atoms with Gasteiger partial charge in [-0.1, -0.05) is 25.7 Å². The summed E-state index contributed by atoms with van der Waals surface area (Å²) in [6, 6.07) is 0.523. The molecule has 0 aromatic heterocycles. The third-order valence-electron chi connectivity index (χ3n) is 3.30. The summed E-state index contributed by atoms with van der Waals surface area (Å²) in [5.41, 5.74) is 0. The van der Waals surface area contributed by atoms with E-state index in [2.05, 4.69) is 5.32 Å². The zero-order valence-electron chi connectivity index (χ0n) is 10.8. The molecule has 1 rings (SSSR count). The predicted molar refractivity (Wildman–Crippen MR) is 70.0 cm³/mol. The number of rotatable bonds is 7. The molecule has 17 heavy (non-hydrogen) atoms. The van der Waals surface area contributed by atoms with Crippen molar-refractivity contribution in [3.63, 3.8) is 0 Å². The van der Waals surface area contributed by atoms with E-state index in [1.807, 2.05) is 0 Å². The van der Waals surface area contributed by atoms with Crippen LogP contribution in [0.25, 0.3) is 0 Å². The topological polar surface area (TPSA) is 55.4 Å². The standard InChI is InChI=1S/C12H25NO3S/c1-16-9-11-17(14,15)10-8-13-12-6-4-2-3-5-7-12/h12-13H,2-11H2,1H3. The van der Waals surface area contributed by atoms with Crippen molar-refractivity contribution in [2.45, 2.75) is 44.6 Å². The van der Waals surface area contributed by atoms with Crippen LogP contribution in [0.2, 0.25) is 0 Å². The van der Waals surface area contributed by atoms with Gasteiger partial charge in [-0.05, 0) is 12.8 Å². The second-order valence-corrected chi connectivity index (χ2v) is 7.09. The van der Waals surface area contributed by atoms with Gasteiger partial charge in [0.15, 0.2) is 9.84 Å². The van der Waals surface area contributed by atoms with E-state index in [1.54, 1.807) is 0 Å². The molecule has 0 saturated heterocycles. The minimum absolute atomic E-state index is 0.135. The molecule has 1 aliphatic carbocycles. The van der Waals surface area contributed by atoms with Gasteiger partial charge in [0.25, 0.3) is 0 Å². The fraction of sp³-hybridized carbons (Fsp3) is 1.00. The first-order chi connectivity index (χ1) is 8.14. The summed E-state index contributed by atoms with van der Waals surface area (Å²) < 4.78 is 27.9. The molecule has 1 N–H and O–H groups in total. The lowest BCUT2D eigenvalue weighted by Gasteiger charge is -2.15. The van der Waals surface area contributed by atoms with Crippen LogP contribution in [0.5, 0.6) is 0 Å². The molecular weight excluding hydrogens is 238 g/mol. The van der Waals surface area contributed by atoms with Crippen LogP contribution in [0, 0.1) is 0 Å². The highest BCUT2D eigenvalue weighted by molar-refractivity contribution is 7.91. The molecule has 0 heterocycles. The molecule has 4 nitrogen and oxygen atoms in total. The summed E-state index contributed by atoms with van der Waals surface area (Å²) >= 11 is 0. The van der Waals surface area contributed by atoms with Gasteiger partial charge in [-0.15, -0.1) is 0 Å². The van der Waals surface area contributed by atoms with E-state index in [4.69, 9.17) is 4.74 Å². The van der Waals surface area contributed by atoms with Crippen molar-refractivity contribution in [3.8, 4) is 0 Å². The van der Waals surface area contributed by atoms with Crippen molar-refractivity contribution in [3.05, 3.63) is 0 Å². The molecule has 0 amide bonds. The van der Waals surface area contributed by atoms with Crippen molar-refractivity contribution in [1.29, 1.82) is 0 Å². The molecule has 0 radical (unpaired) electrons. The van der Waals surface area contributed by atoms with Gasteiger partial charge in [0.05, 0.1) is 18.1 Å². The van der Waals surface area contributed by atoms with Gasteiger partial charge in [-0.25, -0.2) is 8.42 Å². The molecule has 0 bridgehead atoms. The Hall–Kier alpha value is -0.130. The van der Waals surface area contributed by atoms with Crippen molar-refractivity contribution in [2.75, 3.05) is 31.8 Å². The summed E-state index contributed by atoms with van der Waals surface area (Å²) in [5.74, 6) is 0.364. The van der Waals surface area contributed by atoms with E-state index >= 15 is 0 Å². The fourth-order valence-electron chi connectivity index (χ4n) is 2.21. The number of ether oxygens (including phenoxy) is 1. The second-order valence-electron chi connectivity index (χ2n) is 4.79. The maximum Gasteiger partial charge on any atom is 0.153 e. The lowest BCUT2D eigenvalue weighted by molar-refractivity contribution is 0.217. The van der Waals surface area contributed by atoms with Gasteiger partial charge in [0.2, 0.25) is 0 Å². The summed E-state index contributed by atoms with van der Waals surface area (Å²) in [5, 5.41) is 3.37. The van der Waals surface area contributed by atoms with Crippen molar-refractivity contribution < 1.29 is 13.2 Å². The van der Waals surface area contributed by atoms with Crippen molar-refractivity contribution in [2.24, 2.45) is 0 Å². The summed E-state index contributed by atoms with van der Waals surface area (Å²) in [6.07, 6.45) is 7.58. The third kappa shape index (κ3) is 7.01.